The van der Waals surface area contributed by atoms with E-state index in [1.807, 2.05) is 0 Å². The molecule has 8 nitrogen and oxygen atoms in total. The molecule has 1 amide bonds. The normalized spacial score (nSPS) is 10.2. The summed E-state index contributed by atoms with van der Waals surface area (Å²) in [5, 5.41) is 23.2. The van der Waals surface area contributed by atoms with Gasteiger partial charge in [-0.15, -0.1) is 0 Å². The smallest absolute Gasteiger partial charge is 0.342 e. The molecule has 0 heterocycles. The Morgan fingerprint density at radius 1 is 1.32 bits per heavy atom. The van der Waals surface area contributed by atoms with Gasteiger partial charge in [0.15, 0.2) is 6.61 Å². The van der Waals surface area contributed by atoms with Crippen LogP contribution in [0.1, 0.15) is 15.9 Å². The van der Waals surface area contributed by atoms with Crippen LogP contribution in [0.4, 0.5) is 11.4 Å². The van der Waals surface area contributed by atoms with Gasteiger partial charge in [-0.2, -0.15) is 0 Å². The number of aryl methyl sites for hydroxylation is 1. The molecule has 0 aliphatic heterocycles. The number of ether oxygens (including phenoxy) is 1. The first-order valence-electron chi connectivity index (χ1n) is 6.99. The molecular weight excluding hydrogens is 352 g/mol. The fourth-order valence-corrected chi connectivity index (χ4v) is 2.20. The van der Waals surface area contributed by atoms with Crippen LogP contribution >= 0.6 is 11.6 Å². The standard InChI is InChI=1S/C16H13ClN2O6/c1-9-3-2-4-12(19(23)24)15(9)18-14(21)8-25-16(22)11-7-10(17)5-6-13(11)20/h2-7,20H,8H2,1H3,(H,18,21). The van der Waals surface area contributed by atoms with Gasteiger partial charge in [0.1, 0.15) is 17.0 Å². The number of carbonyl (C=O) groups is 2. The van der Waals surface area contributed by atoms with Crippen LogP contribution in [0.2, 0.25) is 5.02 Å². The number of nitrogens with zero attached hydrogens (tertiary/aromatic N) is 1. The highest BCUT2D eigenvalue weighted by atomic mass is 35.5. The van der Waals surface area contributed by atoms with E-state index in [4.69, 9.17) is 16.3 Å². The van der Waals surface area contributed by atoms with E-state index in [-0.39, 0.29) is 27.7 Å². The number of hydrogen-bond donors (Lipinski definition) is 2. The first-order chi connectivity index (χ1) is 11.8. The number of halogens is 1. The number of esters is 1. The highest BCUT2D eigenvalue weighted by molar-refractivity contribution is 6.31. The number of nitrogens with one attached hydrogen (secondary N) is 1. The van der Waals surface area contributed by atoms with Crippen molar-refractivity contribution in [1.29, 1.82) is 0 Å². The number of phenolic OH excluding ortho intramolecular Hbond substituents is 1. The number of nitro benzene ring substituents is 1. The van der Waals surface area contributed by atoms with Crippen LogP contribution in [0, 0.1) is 17.0 Å². The second kappa shape index (κ2) is 7.63. The molecule has 0 unspecified atom stereocenters. The van der Waals surface area contributed by atoms with E-state index in [0.717, 1.165) is 0 Å². The zero-order chi connectivity index (χ0) is 18.6. The Labute approximate surface area is 147 Å². The fourth-order valence-electron chi connectivity index (χ4n) is 2.02. The van der Waals surface area contributed by atoms with Crippen LogP contribution in [-0.2, 0) is 9.53 Å². The van der Waals surface area contributed by atoms with Crippen molar-refractivity contribution in [2.24, 2.45) is 0 Å². The molecule has 0 radical (unpaired) electrons. The SMILES string of the molecule is Cc1cccc([N+](=O)[O-])c1NC(=O)COC(=O)c1cc(Cl)ccc1O. The molecule has 0 atom stereocenters. The van der Waals surface area contributed by atoms with E-state index in [0.29, 0.717) is 5.56 Å². The van der Waals surface area contributed by atoms with Crippen molar-refractivity contribution in [3.63, 3.8) is 0 Å². The van der Waals surface area contributed by atoms with Crippen LogP contribution in [0.3, 0.4) is 0 Å². The van der Waals surface area contributed by atoms with Crippen LogP contribution in [0.5, 0.6) is 5.75 Å². The number of para-hydroxylation sites is 1. The van der Waals surface area contributed by atoms with Gasteiger partial charge in [0.2, 0.25) is 0 Å². The van der Waals surface area contributed by atoms with Gasteiger partial charge < -0.3 is 15.2 Å². The molecule has 25 heavy (non-hydrogen) atoms. The molecule has 0 aromatic heterocycles. The lowest BCUT2D eigenvalue weighted by Crippen LogP contribution is -2.22. The van der Waals surface area contributed by atoms with E-state index in [1.165, 1.54) is 30.3 Å². The number of aromatic hydroxyl groups is 1. The maximum absolute atomic E-state index is 11.9. The third-order valence-electron chi connectivity index (χ3n) is 3.22. The summed E-state index contributed by atoms with van der Waals surface area (Å²) in [7, 11) is 0. The zero-order valence-corrected chi connectivity index (χ0v) is 13.7. The highest BCUT2D eigenvalue weighted by Gasteiger charge is 2.19. The lowest BCUT2D eigenvalue weighted by Gasteiger charge is -2.10. The van der Waals surface area contributed by atoms with Crippen molar-refractivity contribution in [3.8, 4) is 5.75 Å². The summed E-state index contributed by atoms with van der Waals surface area (Å²) in [5.41, 5.74) is 0.0508. The molecule has 2 rings (SSSR count). The molecule has 2 aromatic rings. The Hall–Kier alpha value is -3.13. The first-order valence-corrected chi connectivity index (χ1v) is 7.37. The lowest BCUT2D eigenvalue weighted by atomic mass is 10.1. The average molecular weight is 365 g/mol. The van der Waals surface area contributed by atoms with Crippen molar-refractivity contribution in [2.45, 2.75) is 6.92 Å². The number of benzene rings is 2. The number of hydrogen-bond acceptors (Lipinski definition) is 6. The lowest BCUT2D eigenvalue weighted by molar-refractivity contribution is -0.384. The van der Waals surface area contributed by atoms with Crippen molar-refractivity contribution < 1.29 is 24.4 Å². The molecule has 9 heteroatoms. The summed E-state index contributed by atoms with van der Waals surface area (Å²) < 4.78 is 4.80. The van der Waals surface area contributed by atoms with Crippen LogP contribution in [-0.4, -0.2) is 28.5 Å². The van der Waals surface area contributed by atoms with E-state index < -0.39 is 23.4 Å². The largest absolute Gasteiger partial charge is 0.507 e. The molecular formula is C16H13ClN2O6. The molecule has 0 spiro atoms. The van der Waals surface area contributed by atoms with Gasteiger partial charge in [0.25, 0.3) is 11.6 Å². The number of amides is 1. The van der Waals surface area contributed by atoms with Gasteiger partial charge in [-0.05, 0) is 30.7 Å². The van der Waals surface area contributed by atoms with E-state index >= 15 is 0 Å². The Morgan fingerprint density at radius 2 is 2.04 bits per heavy atom. The second-order valence-corrected chi connectivity index (χ2v) is 5.45. The summed E-state index contributed by atoms with van der Waals surface area (Å²) >= 11 is 5.73. The summed E-state index contributed by atoms with van der Waals surface area (Å²) in [6.45, 7) is 0.912. The van der Waals surface area contributed by atoms with Gasteiger partial charge in [0.05, 0.1) is 4.92 Å². The topological polar surface area (TPSA) is 119 Å². The monoisotopic (exact) mass is 364 g/mol. The van der Waals surface area contributed by atoms with Crippen molar-refractivity contribution in [1.82, 2.24) is 0 Å². The van der Waals surface area contributed by atoms with E-state index in [9.17, 15) is 24.8 Å². The molecule has 0 aliphatic rings. The fraction of sp³-hybridized carbons (Fsp3) is 0.125. The van der Waals surface area contributed by atoms with Gasteiger partial charge in [-0.25, -0.2) is 4.79 Å². The van der Waals surface area contributed by atoms with E-state index in [1.54, 1.807) is 13.0 Å². The third kappa shape index (κ3) is 4.45. The minimum absolute atomic E-state index is 0.0270. The number of phenols is 1. The minimum Gasteiger partial charge on any atom is -0.507 e. The highest BCUT2D eigenvalue weighted by Crippen LogP contribution is 2.27. The third-order valence-corrected chi connectivity index (χ3v) is 3.46. The molecule has 2 aromatic carbocycles. The molecule has 0 fully saturated rings. The Bertz CT molecular complexity index is 853. The number of carbonyl (C=O) groups excluding carboxylic acids is 2. The van der Waals surface area contributed by atoms with Crippen LogP contribution < -0.4 is 5.32 Å². The molecule has 0 saturated heterocycles. The Balaban J connectivity index is 2.06. The van der Waals surface area contributed by atoms with Gasteiger partial charge >= 0.3 is 5.97 Å². The van der Waals surface area contributed by atoms with Crippen LogP contribution in [0.15, 0.2) is 36.4 Å². The molecule has 0 bridgehead atoms. The number of nitro groups is 1. The van der Waals surface area contributed by atoms with Crippen LogP contribution in [0.25, 0.3) is 0 Å². The molecule has 130 valence electrons. The predicted octanol–water partition coefficient (Wildman–Crippen LogP) is 3.06. The van der Waals surface area contributed by atoms with Crippen molar-refractivity contribution in [3.05, 3.63) is 62.7 Å². The van der Waals surface area contributed by atoms with Gasteiger partial charge in [-0.1, -0.05) is 23.7 Å². The summed E-state index contributed by atoms with van der Waals surface area (Å²) in [4.78, 5) is 34.2. The zero-order valence-electron chi connectivity index (χ0n) is 13.0. The quantitative estimate of drug-likeness (QED) is 0.478. The summed E-state index contributed by atoms with van der Waals surface area (Å²) in [6, 6.07) is 8.14. The van der Waals surface area contributed by atoms with Gasteiger partial charge in [0, 0.05) is 11.1 Å². The molecule has 2 N–H and O–H groups in total. The Kier molecular flexibility index (Phi) is 5.56. The summed E-state index contributed by atoms with van der Waals surface area (Å²) in [5.74, 6) is -2.05. The average Bonchev–Trinajstić information content (AvgIpc) is 2.56. The van der Waals surface area contributed by atoms with E-state index in [2.05, 4.69) is 5.32 Å². The first kappa shape index (κ1) is 18.2. The Morgan fingerprint density at radius 3 is 2.72 bits per heavy atom. The maximum Gasteiger partial charge on any atom is 0.342 e. The van der Waals surface area contributed by atoms with Crippen molar-refractivity contribution >= 4 is 34.9 Å². The number of rotatable bonds is 5. The molecule has 0 aliphatic carbocycles. The maximum atomic E-state index is 11.9. The van der Waals surface area contributed by atoms with Gasteiger partial charge in [-0.3, -0.25) is 14.9 Å². The second-order valence-electron chi connectivity index (χ2n) is 5.01. The van der Waals surface area contributed by atoms with Crippen molar-refractivity contribution in [2.75, 3.05) is 11.9 Å². The minimum atomic E-state index is -0.950. The predicted molar refractivity (Wildman–Crippen MR) is 89.9 cm³/mol. The summed E-state index contributed by atoms with van der Waals surface area (Å²) in [6.07, 6.45) is 0. The number of anilines is 1. The molecule has 0 saturated carbocycles.